The SMILES string of the molecule is CCCN(C(=O)c1cc(S(=O)(=O)Cl)cc(C)c1C)C1CC1. The summed E-state index contributed by atoms with van der Waals surface area (Å²) in [6.07, 6.45) is 2.93. The first-order valence-corrected chi connectivity index (χ1v) is 9.43. The lowest BCUT2D eigenvalue weighted by Crippen LogP contribution is -2.34. The average molecular weight is 330 g/mol. The number of carbonyl (C=O) groups excluding carboxylic acids is 1. The van der Waals surface area contributed by atoms with Crippen LogP contribution in [0.2, 0.25) is 0 Å². The molecule has 0 saturated heterocycles. The second-order valence-electron chi connectivity index (χ2n) is 5.58. The fraction of sp³-hybridized carbons (Fsp3) is 0.533. The number of carbonyl (C=O) groups is 1. The van der Waals surface area contributed by atoms with Crippen molar-refractivity contribution in [2.75, 3.05) is 6.54 Å². The minimum Gasteiger partial charge on any atom is -0.336 e. The van der Waals surface area contributed by atoms with Gasteiger partial charge < -0.3 is 4.90 Å². The van der Waals surface area contributed by atoms with Gasteiger partial charge in [-0.15, -0.1) is 0 Å². The van der Waals surface area contributed by atoms with Crippen LogP contribution in [0.25, 0.3) is 0 Å². The number of halogens is 1. The van der Waals surface area contributed by atoms with E-state index < -0.39 is 9.05 Å². The minimum atomic E-state index is -3.84. The molecule has 1 aromatic rings. The Bertz CT molecular complexity index is 666. The molecule has 1 aromatic carbocycles. The molecule has 0 atom stereocenters. The zero-order valence-electron chi connectivity index (χ0n) is 12.5. The van der Waals surface area contributed by atoms with Gasteiger partial charge in [0.15, 0.2) is 0 Å². The van der Waals surface area contributed by atoms with Crippen molar-refractivity contribution in [1.82, 2.24) is 4.90 Å². The van der Waals surface area contributed by atoms with Crippen molar-refractivity contribution in [1.29, 1.82) is 0 Å². The van der Waals surface area contributed by atoms with Gasteiger partial charge in [-0.1, -0.05) is 6.92 Å². The molecule has 0 unspecified atom stereocenters. The quantitative estimate of drug-likeness (QED) is 0.779. The summed E-state index contributed by atoms with van der Waals surface area (Å²) in [5.74, 6) is -0.0953. The Balaban J connectivity index is 2.46. The Morgan fingerprint density at radius 3 is 2.43 bits per heavy atom. The Morgan fingerprint density at radius 2 is 1.95 bits per heavy atom. The van der Waals surface area contributed by atoms with E-state index in [2.05, 4.69) is 0 Å². The molecule has 1 saturated carbocycles. The van der Waals surface area contributed by atoms with E-state index in [0.717, 1.165) is 30.4 Å². The van der Waals surface area contributed by atoms with E-state index in [9.17, 15) is 13.2 Å². The first-order valence-electron chi connectivity index (χ1n) is 7.12. The minimum absolute atomic E-state index is 0.0112. The molecule has 1 aliphatic carbocycles. The third-order valence-corrected chi connectivity index (χ3v) is 5.20. The van der Waals surface area contributed by atoms with Gasteiger partial charge in [-0.05, 0) is 56.4 Å². The Hall–Kier alpha value is -1.07. The maximum Gasteiger partial charge on any atom is 0.261 e. The van der Waals surface area contributed by atoms with Gasteiger partial charge >= 0.3 is 0 Å². The largest absolute Gasteiger partial charge is 0.336 e. The van der Waals surface area contributed by atoms with Crippen LogP contribution in [0.5, 0.6) is 0 Å². The topological polar surface area (TPSA) is 54.5 Å². The van der Waals surface area contributed by atoms with E-state index in [4.69, 9.17) is 10.7 Å². The molecule has 1 fully saturated rings. The predicted octanol–water partition coefficient (Wildman–Crippen LogP) is 3.25. The van der Waals surface area contributed by atoms with Crippen LogP contribution in [-0.2, 0) is 9.05 Å². The van der Waals surface area contributed by atoms with Crippen molar-refractivity contribution in [2.45, 2.75) is 51.0 Å². The average Bonchev–Trinajstić information content (AvgIpc) is 3.21. The van der Waals surface area contributed by atoms with Crippen LogP contribution in [0.3, 0.4) is 0 Å². The van der Waals surface area contributed by atoms with Gasteiger partial charge in [-0.25, -0.2) is 8.42 Å². The van der Waals surface area contributed by atoms with E-state index in [-0.39, 0.29) is 10.8 Å². The highest BCUT2D eigenvalue weighted by Crippen LogP contribution is 2.30. The van der Waals surface area contributed by atoms with Crippen molar-refractivity contribution in [3.05, 3.63) is 28.8 Å². The molecular weight excluding hydrogens is 310 g/mol. The van der Waals surface area contributed by atoms with Gasteiger partial charge in [-0.3, -0.25) is 4.79 Å². The molecule has 0 aliphatic heterocycles. The number of rotatable bonds is 5. The van der Waals surface area contributed by atoms with Gasteiger partial charge in [0.1, 0.15) is 0 Å². The smallest absolute Gasteiger partial charge is 0.261 e. The number of benzene rings is 1. The van der Waals surface area contributed by atoms with Crippen LogP contribution in [0, 0.1) is 13.8 Å². The van der Waals surface area contributed by atoms with Crippen LogP contribution in [0.1, 0.15) is 47.7 Å². The number of hydrogen-bond acceptors (Lipinski definition) is 3. The lowest BCUT2D eigenvalue weighted by Gasteiger charge is -2.23. The normalized spacial score (nSPS) is 15.0. The van der Waals surface area contributed by atoms with E-state index in [0.29, 0.717) is 18.2 Å². The van der Waals surface area contributed by atoms with Crippen molar-refractivity contribution < 1.29 is 13.2 Å². The third-order valence-electron chi connectivity index (χ3n) is 3.87. The molecule has 6 heteroatoms. The summed E-state index contributed by atoms with van der Waals surface area (Å²) in [4.78, 5) is 14.6. The lowest BCUT2D eigenvalue weighted by atomic mass is 10.0. The Morgan fingerprint density at radius 1 is 1.33 bits per heavy atom. The van der Waals surface area contributed by atoms with Crippen molar-refractivity contribution in [2.24, 2.45) is 0 Å². The fourth-order valence-electron chi connectivity index (χ4n) is 2.42. The zero-order valence-corrected chi connectivity index (χ0v) is 14.1. The number of amides is 1. The molecule has 1 aliphatic rings. The lowest BCUT2D eigenvalue weighted by molar-refractivity contribution is 0.0742. The number of nitrogens with zero attached hydrogens (tertiary/aromatic N) is 1. The summed E-state index contributed by atoms with van der Waals surface area (Å²) in [5.41, 5.74) is 2.01. The summed E-state index contributed by atoms with van der Waals surface area (Å²) in [6.45, 7) is 6.35. The molecule has 0 N–H and O–H groups in total. The first-order chi connectivity index (χ1) is 9.75. The van der Waals surface area contributed by atoms with Crippen molar-refractivity contribution >= 4 is 25.6 Å². The predicted molar refractivity (Wildman–Crippen MR) is 83.3 cm³/mol. The molecule has 21 heavy (non-hydrogen) atoms. The van der Waals surface area contributed by atoms with Gasteiger partial charge in [0, 0.05) is 28.8 Å². The summed E-state index contributed by atoms with van der Waals surface area (Å²) in [7, 11) is 1.58. The fourth-order valence-corrected chi connectivity index (χ4v) is 3.26. The molecule has 116 valence electrons. The second-order valence-corrected chi connectivity index (χ2v) is 8.15. The Labute approximate surface area is 130 Å². The second kappa shape index (κ2) is 5.97. The van der Waals surface area contributed by atoms with Crippen LogP contribution in [0.15, 0.2) is 17.0 Å². The highest BCUT2D eigenvalue weighted by Gasteiger charge is 2.33. The highest BCUT2D eigenvalue weighted by atomic mass is 35.7. The van der Waals surface area contributed by atoms with E-state index >= 15 is 0 Å². The van der Waals surface area contributed by atoms with Crippen LogP contribution in [0.4, 0.5) is 0 Å². The molecule has 0 spiro atoms. The van der Waals surface area contributed by atoms with Crippen molar-refractivity contribution in [3.8, 4) is 0 Å². The molecule has 0 aromatic heterocycles. The van der Waals surface area contributed by atoms with Crippen LogP contribution >= 0.6 is 10.7 Å². The number of hydrogen-bond donors (Lipinski definition) is 0. The zero-order chi connectivity index (χ0) is 15.8. The van der Waals surface area contributed by atoms with Gasteiger partial charge in [-0.2, -0.15) is 0 Å². The van der Waals surface area contributed by atoms with Gasteiger partial charge in [0.2, 0.25) is 0 Å². The molecule has 0 bridgehead atoms. The third kappa shape index (κ3) is 3.58. The molecular formula is C15H20ClNO3S. The molecule has 1 amide bonds. The van der Waals surface area contributed by atoms with Gasteiger partial charge in [0.05, 0.1) is 4.90 Å². The van der Waals surface area contributed by atoms with E-state index in [1.807, 2.05) is 18.7 Å². The highest BCUT2D eigenvalue weighted by molar-refractivity contribution is 8.13. The standard InChI is InChI=1S/C15H20ClNO3S/c1-4-7-17(12-5-6-12)15(18)14-9-13(21(16,19)20)8-10(2)11(14)3/h8-9,12H,4-7H2,1-3H3. The van der Waals surface area contributed by atoms with Crippen molar-refractivity contribution in [3.63, 3.8) is 0 Å². The molecule has 4 nitrogen and oxygen atoms in total. The summed E-state index contributed by atoms with van der Waals surface area (Å²) < 4.78 is 23.1. The monoisotopic (exact) mass is 329 g/mol. The maximum atomic E-state index is 12.8. The summed E-state index contributed by atoms with van der Waals surface area (Å²) >= 11 is 0. The van der Waals surface area contributed by atoms with Crippen LogP contribution in [-0.4, -0.2) is 31.8 Å². The summed E-state index contributed by atoms with van der Waals surface area (Å²) in [6, 6.07) is 3.21. The number of aryl methyl sites for hydroxylation is 1. The first kappa shape index (κ1) is 16.3. The van der Waals surface area contributed by atoms with E-state index in [1.54, 1.807) is 6.92 Å². The Kier molecular flexibility index (Phi) is 4.63. The molecule has 0 heterocycles. The molecule has 0 radical (unpaired) electrons. The van der Waals surface area contributed by atoms with E-state index in [1.165, 1.54) is 12.1 Å². The van der Waals surface area contributed by atoms with Gasteiger partial charge in [0.25, 0.3) is 15.0 Å². The summed E-state index contributed by atoms with van der Waals surface area (Å²) in [5, 5.41) is 0. The molecule has 2 rings (SSSR count). The maximum absolute atomic E-state index is 12.8. The van der Waals surface area contributed by atoms with Crippen LogP contribution < -0.4 is 0 Å².